The Bertz CT molecular complexity index is 302. The fourth-order valence-corrected chi connectivity index (χ4v) is 1.70. The highest BCUT2D eigenvalue weighted by molar-refractivity contribution is 5.32. The third-order valence-electron chi connectivity index (χ3n) is 2.58. The summed E-state index contributed by atoms with van der Waals surface area (Å²) in [5.74, 6) is 0.941. The van der Waals surface area contributed by atoms with Gasteiger partial charge >= 0.3 is 0 Å². The van der Waals surface area contributed by atoms with E-state index >= 15 is 0 Å². The Kier molecular flexibility index (Phi) is 5.90. The molecule has 0 amide bonds. The van der Waals surface area contributed by atoms with Gasteiger partial charge in [-0.15, -0.1) is 0 Å². The summed E-state index contributed by atoms with van der Waals surface area (Å²) >= 11 is 0. The number of hydrogen-bond acceptors (Lipinski definition) is 3. The van der Waals surface area contributed by atoms with Crippen molar-refractivity contribution in [1.29, 1.82) is 0 Å². The van der Waals surface area contributed by atoms with E-state index in [1.807, 2.05) is 18.2 Å². The lowest BCUT2D eigenvalue weighted by Gasteiger charge is -2.18. The molecule has 1 rings (SSSR count). The number of nitrogens with zero attached hydrogens (tertiary/aromatic N) is 1. The SMILES string of the molecule is COc1ccccc1CN(C)CCCCO. The molecule has 0 atom stereocenters. The van der Waals surface area contributed by atoms with Gasteiger partial charge in [0.2, 0.25) is 0 Å². The molecule has 0 saturated carbocycles. The predicted octanol–water partition coefficient (Wildman–Crippen LogP) is 1.90. The minimum atomic E-state index is 0.280. The normalized spacial score (nSPS) is 10.8. The molecule has 0 saturated heterocycles. The van der Waals surface area contributed by atoms with Gasteiger partial charge < -0.3 is 14.7 Å². The topological polar surface area (TPSA) is 32.7 Å². The highest BCUT2D eigenvalue weighted by Crippen LogP contribution is 2.18. The van der Waals surface area contributed by atoms with Crippen molar-refractivity contribution in [3.8, 4) is 5.75 Å². The summed E-state index contributed by atoms with van der Waals surface area (Å²) in [4.78, 5) is 2.24. The van der Waals surface area contributed by atoms with Crippen LogP contribution in [0.1, 0.15) is 18.4 Å². The maximum atomic E-state index is 8.71. The van der Waals surface area contributed by atoms with Crippen LogP contribution in [-0.2, 0) is 6.54 Å². The number of para-hydroxylation sites is 1. The third-order valence-corrected chi connectivity index (χ3v) is 2.58. The Morgan fingerprint density at radius 1 is 1.25 bits per heavy atom. The van der Waals surface area contributed by atoms with Gasteiger partial charge in [-0.1, -0.05) is 18.2 Å². The van der Waals surface area contributed by atoms with E-state index in [4.69, 9.17) is 9.84 Å². The van der Waals surface area contributed by atoms with Crippen LogP contribution in [0.15, 0.2) is 24.3 Å². The average molecular weight is 223 g/mol. The van der Waals surface area contributed by atoms with Crippen molar-refractivity contribution in [2.75, 3.05) is 27.3 Å². The number of ether oxygens (including phenoxy) is 1. The van der Waals surface area contributed by atoms with E-state index in [1.165, 1.54) is 5.56 Å². The van der Waals surface area contributed by atoms with Crippen LogP contribution < -0.4 is 4.74 Å². The highest BCUT2D eigenvalue weighted by Gasteiger charge is 2.04. The van der Waals surface area contributed by atoms with E-state index in [-0.39, 0.29) is 6.61 Å². The van der Waals surface area contributed by atoms with Crippen LogP contribution in [0, 0.1) is 0 Å². The number of aliphatic hydroxyl groups excluding tert-OH is 1. The summed E-state index contributed by atoms with van der Waals surface area (Å²) in [6.45, 7) is 2.16. The Hall–Kier alpha value is -1.06. The first-order chi connectivity index (χ1) is 7.77. The third kappa shape index (κ3) is 4.21. The average Bonchev–Trinajstić information content (AvgIpc) is 2.30. The molecule has 0 aliphatic carbocycles. The van der Waals surface area contributed by atoms with Gasteiger partial charge in [-0.25, -0.2) is 0 Å². The van der Waals surface area contributed by atoms with E-state index in [2.05, 4.69) is 18.0 Å². The van der Waals surface area contributed by atoms with E-state index in [9.17, 15) is 0 Å². The number of rotatable bonds is 7. The van der Waals surface area contributed by atoms with Crippen LogP contribution in [0.5, 0.6) is 5.75 Å². The van der Waals surface area contributed by atoms with Gasteiger partial charge in [-0.2, -0.15) is 0 Å². The van der Waals surface area contributed by atoms with E-state index in [1.54, 1.807) is 7.11 Å². The molecule has 3 nitrogen and oxygen atoms in total. The summed E-state index contributed by atoms with van der Waals surface area (Å²) in [5.41, 5.74) is 1.21. The molecule has 0 spiro atoms. The van der Waals surface area contributed by atoms with Crippen molar-refractivity contribution in [3.05, 3.63) is 29.8 Å². The first-order valence-corrected chi connectivity index (χ1v) is 5.69. The van der Waals surface area contributed by atoms with Crippen LogP contribution in [-0.4, -0.2) is 37.3 Å². The minimum Gasteiger partial charge on any atom is -0.496 e. The van der Waals surface area contributed by atoms with Gasteiger partial charge in [0, 0.05) is 18.7 Å². The van der Waals surface area contributed by atoms with Gasteiger partial charge in [0.05, 0.1) is 7.11 Å². The van der Waals surface area contributed by atoms with E-state index < -0.39 is 0 Å². The predicted molar refractivity (Wildman–Crippen MR) is 65.6 cm³/mol. The first-order valence-electron chi connectivity index (χ1n) is 5.69. The minimum absolute atomic E-state index is 0.280. The van der Waals surface area contributed by atoms with Gasteiger partial charge in [0.1, 0.15) is 5.75 Å². The molecule has 16 heavy (non-hydrogen) atoms. The molecular formula is C13H21NO2. The Balaban J connectivity index is 2.45. The number of unbranched alkanes of at least 4 members (excludes halogenated alkanes) is 1. The smallest absolute Gasteiger partial charge is 0.123 e. The van der Waals surface area contributed by atoms with Crippen molar-refractivity contribution in [3.63, 3.8) is 0 Å². The lowest BCUT2D eigenvalue weighted by molar-refractivity contribution is 0.259. The number of hydrogen-bond donors (Lipinski definition) is 1. The van der Waals surface area contributed by atoms with E-state index in [0.29, 0.717) is 0 Å². The summed E-state index contributed by atoms with van der Waals surface area (Å²) < 4.78 is 5.31. The molecular weight excluding hydrogens is 202 g/mol. The Labute approximate surface area is 97.7 Å². The molecule has 0 aliphatic heterocycles. The molecule has 1 aromatic rings. The molecule has 3 heteroatoms. The second-order valence-corrected chi connectivity index (χ2v) is 3.98. The summed E-state index contributed by atoms with van der Waals surface area (Å²) in [6, 6.07) is 8.08. The quantitative estimate of drug-likeness (QED) is 0.717. The van der Waals surface area contributed by atoms with Gasteiger partial charge in [-0.3, -0.25) is 0 Å². The fraction of sp³-hybridized carbons (Fsp3) is 0.538. The van der Waals surface area contributed by atoms with Gasteiger partial charge in [0.25, 0.3) is 0 Å². The van der Waals surface area contributed by atoms with Crippen LogP contribution in [0.25, 0.3) is 0 Å². The second-order valence-electron chi connectivity index (χ2n) is 3.98. The van der Waals surface area contributed by atoms with Crippen molar-refractivity contribution >= 4 is 0 Å². The zero-order valence-corrected chi connectivity index (χ0v) is 10.1. The molecule has 0 unspecified atom stereocenters. The lowest BCUT2D eigenvalue weighted by Crippen LogP contribution is -2.19. The molecule has 0 radical (unpaired) electrons. The highest BCUT2D eigenvalue weighted by atomic mass is 16.5. The molecule has 0 heterocycles. The molecule has 1 N–H and O–H groups in total. The van der Waals surface area contributed by atoms with Crippen molar-refractivity contribution in [2.24, 2.45) is 0 Å². The summed E-state index contributed by atoms with van der Waals surface area (Å²) in [7, 11) is 3.79. The molecule has 0 fully saturated rings. The largest absolute Gasteiger partial charge is 0.496 e. The summed E-state index contributed by atoms with van der Waals surface area (Å²) in [6.07, 6.45) is 1.90. The number of methoxy groups -OCH3 is 1. The standard InChI is InChI=1S/C13H21NO2/c1-14(9-5-6-10-15)11-12-7-3-4-8-13(12)16-2/h3-4,7-8,15H,5-6,9-11H2,1-2H3. The monoisotopic (exact) mass is 223 g/mol. The lowest BCUT2D eigenvalue weighted by atomic mass is 10.2. The maximum absolute atomic E-state index is 8.71. The zero-order valence-electron chi connectivity index (χ0n) is 10.1. The molecule has 0 aliphatic rings. The van der Waals surface area contributed by atoms with Crippen LogP contribution in [0.3, 0.4) is 0 Å². The van der Waals surface area contributed by atoms with Crippen molar-refractivity contribution in [2.45, 2.75) is 19.4 Å². The van der Waals surface area contributed by atoms with Gasteiger partial charge in [-0.05, 0) is 32.5 Å². The Morgan fingerprint density at radius 3 is 2.69 bits per heavy atom. The van der Waals surface area contributed by atoms with E-state index in [0.717, 1.165) is 31.7 Å². The molecule has 0 aromatic heterocycles. The number of aliphatic hydroxyl groups is 1. The summed E-state index contributed by atoms with van der Waals surface area (Å²) in [5, 5.41) is 8.71. The fourth-order valence-electron chi connectivity index (χ4n) is 1.70. The van der Waals surface area contributed by atoms with Crippen LogP contribution >= 0.6 is 0 Å². The first kappa shape index (κ1) is 13.0. The van der Waals surface area contributed by atoms with Gasteiger partial charge in [0.15, 0.2) is 0 Å². The molecule has 0 bridgehead atoms. The van der Waals surface area contributed by atoms with Crippen molar-refractivity contribution in [1.82, 2.24) is 4.90 Å². The molecule has 1 aromatic carbocycles. The van der Waals surface area contributed by atoms with Crippen LogP contribution in [0.4, 0.5) is 0 Å². The number of benzene rings is 1. The van der Waals surface area contributed by atoms with Crippen molar-refractivity contribution < 1.29 is 9.84 Å². The zero-order chi connectivity index (χ0) is 11.8. The van der Waals surface area contributed by atoms with Crippen LogP contribution in [0.2, 0.25) is 0 Å². The maximum Gasteiger partial charge on any atom is 0.123 e. The molecule has 90 valence electrons. The second kappa shape index (κ2) is 7.25. The Morgan fingerprint density at radius 2 is 2.00 bits per heavy atom.